The van der Waals surface area contributed by atoms with Crippen molar-refractivity contribution in [3.05, 3.63) is 64.4 Å². The van der Waals surface area contributed by atoms with Crippen LogP contribution in [-0.4, -0.2) is 44.6 Å². The molecule has 0 fully saturated rings. The smallest absolute Gasteiger partial charge is 0.411 e. The highest BCUT2D eigenvalue weighted by atomic mass is 16.7. The first-order valence-electron chi connectivity index (χ1n) is 9.35. The van der Waals surface area contributed by atoms with Crippen molar-refractivity contribution in [2.24, 2.45) is 7.05 Å². The Kier molecular flexibility index (Phi) is 6.56. The zero-order valence-corrected chi connectivity index (χ0v) is 17.7. The lowest BCUT2D eigenvalue weighted by atomic mass is 10.1. The van der Waals surface area contributed by atoms with E-state index < -0.39 is 17.6 Å². The second-order valence-electron chi connectivity index (χ2n) is 6.67. The summed E-state index contributed by atoms with van der Waals surface area (Å²) in [6.45, 7) is -0.174. The standard InChI is InChI=1S/C22H23N3O6/c1-24(15-8-6-5-7-9-15)20(26)18-19(31-13-29-3)16-12-14(23-22(28)30-4)10-11-17(16)25(2)21(18)27/h5-12H,13H2,1-4H3,(H,23,28). The van der Waals surface area contributed by atoms with Gasteiger partial charge in [0.2, 0.25) is 0 Å². The van der Waals surface area contributed by atoms with Crippen LogP contribution in [0, 0.1) is 0 Å². The molecule has 2 aromatic carbocycles. The van der Waals surface area contributed by atoms with E-state index >= 15 is 0 Å². The number of pyridine rings is 1. The number of amides is 2. The van der Waals surface area contributed by atoms with Gasteiger partial charge in [-0.2, -0.15) is 0 Å². The molecule has 0 spiro atoms. The lowest BCUT2D eigenvalue weighted by Gasteiger charge is -2.21. The van der Waals surface area contributed by atoms with E-state index in [-0.39, 0.29) is 18.1 Å². The first kappa shape index (κ1) is 21.8. The van der Waals surface area contributed by atoms with Crippen molar-refractivity contribution in [3.63, 3.8) is 0 Å². The molecule has 0 unspecified atom stereocenters. The van der Waals surface area contributed by atoms with Gasteiger partial charge in [-0.05, 0) is 30.3 Å². The fourth-order valence-electron chi connectivity index (χ4n) is 3.16. The number of ether oxygens (including phenoxy) is 3. The van der Waals surface area contributed by atoms with E-state index in [1.165, 1.54) is 23.7 Å². The molecule has 0 bridgehead atoms. The molecule has 3 aromatic rings. The predicted molar refractivity (Wildman–Crippen MR) is 117 cm³/mol. The number of fused-ring (bicyclic) bond motifs is 1. The van der Waals surface area contributed by atoms with Crippen molar-refractivity contribution in [2.75, 3.05) is 38.3 Å². The van der Waals surface area contributed by atoms with Crippen molar-refractivity contribution in [2.45, 2.75) is 0 Å². The minimum Gasteiger partial charge on any atom is -0.466 e. The number of carbonyl (C=O) groups is 2. The van der Waals surface area contributed by atoms with Crippen molar-refractivity contribution in [1.82, 2.24) is 4.57 Å². The predicted octanol–water partition coefficient (Wildman–Crippen LogP) is 2.98. The van der Waals surface area contributed by atoms with Crippen molar-refractivity contribution < 1.29 is 23.8 Å². The van der Waals surface area contributed by atoms with Crippen LogP contribution < -0.4 is 20.5 Å². The number of aryl methyl sites for hydroxylation is 1. The fraction of sp³-hybridized carbons (Fsp3) is 0.227. The van der Waals surface area contributed by atoms with E-state index in [1.807, 2.05) is 6.07 Å². The molecule has 0 saturated carbocycles. The Morgan fingerprint density at radius 1 is 1.10 bits per heavy atom. The van der Waals surface area contributed by atoms with E-state index in [0.717, 1.165) is 0 Å². The second kappa shape index (κ2) is 9.31. The molecule has 2 amide bonds. The normalized spacial score (nSPS) is 10.6. The number of methoxy groups -OCH3 is 2. The molecule has 0 radical (unpaired) electrons. The molecule has 1 aromatic heterocycles. The van der Waals surface area contributed by atoms with Crippen LogP contribution in [0.25, 0.3) is 10.9 Å². The summed E-state index contributed by atoms with van der Waals surface area (Å²) < 4.78 is 16.7. The summed E-state index contributed by atoms with van der Waals surface area (Å²) in [4.78, 5) is 39.5. The Morgan fingerprint density at radius 2 is 1.81 bits per heavy atom. The zero-order chi connectivity index (χ0) is 22.5. The molecule has 1 heterocycles. The number of nitrogens with one attached hydrogen (secondary N) is 1. The van der Waals surface area contributed by atoms with Gasteiger partial charge in [0, 0.05) is 38.0 Å². The number of para-hydroxylation sites is 1. The topological polar surface area (TPSA) is 99.1 Å². The average Bonchev–Trinajstić information content (AvgIpc) is 2.79. The molecular formula is C22H23N3O6. The number of hydrogen-bond donors (Lipinski definition) is 1. The maximum absolute atomic E-state index is 13.4. The molecule has 0 aliphatic carbocycles. The summed E-state index contributed by atoms with van der Waals surface area (Å²) in [6, 6.07) is 13.8. The lowest BCUT2D eigenvalue weighted by molar-refractivity contribution is 0.0511. The van der Waals surface area contributed by atoms with Crippen LogP contribution in [0.5, 0.6) is 5.75 Å². The van der Waals surface area contributed by atoms with Crippen molar-refractivity contribution in [1.29, 1.82) is 0 Å². The van der Waals surface area contributed by atoms with Crippen molar-refractivity contribution in [3.8, 4) is 5.75 Å². The van der Waals surface area contributed by atoms with Crippen LogP contribution in [0.3, 0.4) is 0 Å². The van der Waals surface area contributed by atoms with Crippen LogP contribution in [0.1, 0.15) is 10.4 Å². The number of carbonyl (C=O) groups excluding carboxylic acids is 2. The Balaban J connectivity index is 2.23. The molecule has 31 heavy (non-hydrogen) atoms. The van der Waals surface area contributed by atoms with Gasteiger partial charge in [0.15, 0.2) is 6.79 Å². The molecule has 9 heteroatoms. The quantitative estimate of drug-likeness (QED) is 0.610. The Labute approximate surface area is 178 Å². The molecule has 0 aliphatic heterocycles. The molecule has 9 nitrogen and oxygen atoms in total. The summed E-state index contributed by atoms with van der Waals surface area (Å²) in [7, 11) is 5.84. The molecule has 3 rings (SSSR count). The van der Waals surface area contributed by atoms with Gasteiger partial charge >= 0.3 is 6.09 Å². The molecule has 162 valence electrons. The highest BCUT2D eigenvalue weighted by molar-refractivity contribution is 6.10. The molecule has 0 saturated heterocycles. The van der Waals surface area contributed by atoms with Gasteiger partial charge in [-0.25, -0.2) is 4.79 Å². The number of rotatable bonds is 6. The highest BCUT2D eigenvalue weighted by Gasteiger charge is 2.26. The van der Waals surface area contributed by atoms with Crippen LogP contribution in [-0.2, 0) is 16.5 Å². The van der Waals surface area contributed by atoms with Crippen LogP contribution in [0.15, 0.2) is 53.3 Å². The highest BCUT2D eigenvalue weighted by Crippen LogP contribution is 2.31. The number of anilines is 2. The van der Waals surface area contributed by atoms with E-state index in [1.54, 1.807) is 56.6 Å². The maximum Gasteiger partial charge on any atom is 0.411 e. The maximum atomic E-state index is 13.4. The molecular weight excluding hydrogens is 402 g/mol. The van der Waals surface area contributed by atoms with E-state index in [9.17, 15) is 14.4 Å². The number of aromatic nitrogens is 1. The van der Waals surface area contributed by atoms with Gasteiger partial charge < -0.3 is 23.7 Å². The minimum atomic E-state index is -0.649. The third-order valence-electron chi connectivity index (χ3n) is 4.76. The SMILES string of the molecule is COCOc1c(C(=O)N(C)c2ccccc2)c(=O)n(C)c2ccc(NC(=O)OC)cc12. The third-order valence-corrected chi connectivity index (χ3v) is 4.76. The van der Waals surface area contributed by atoms with Crippen LogP contribution in [0.2, 0.25) is 0 Å². The first-order valence-corrected chi connectivity index (χ1v) is 9.35. The zero-order valence-electron chi connectivity index (χ0n) is 17.7. The summed E-state index contributed by atoms with van der Waals surface area (Å²) in [5.41, 5.74) is 0.891. The van der Waals surface area contributed by atoms with Gasteiger partial charge in [0.05, 0.1) is 12.6 Å². The van der Waals surface area contributed by atoms with Gasteiger partial charge in [0.25, 0.3) is 11.5 Å². The molecule has 0 atom stereocenters. The van der Waals surface area contributed by atoms with Gasteiger partial charge in [-0.1, -0.05) is 18.2 Å². The summed E-state index contributed by atoms with van der Waals surface area (Å²) in [5, 5.41) is 3.02. The first-order chi connectivity index (χ1) is 14.9. The summed E-state index contributed by atoms with van der Waals surface area (Å²) in [6.07, 6.45) is -0.649. The van der Waals surface area contributed by atoms with Crippen LogP contribution >= 0.6 is 0 Å². The van der Waals surface area contributed by atoms with Crippen molar-refractivity contribution >= 4 is 34.3 Å². The van der Waals surface area contributed by atoms with E-state index in [2.05, 4.69) is 10.1 Å². The van der Waals surface area contributed by atoms with Gasteiger partial charge in [-0.3, -0.25) is 14.9 Å². The molecule has 1 N–H and O–H groups in total. The second-order valence-corrected chi connectivity index (χ2v) is 6.67. The number of nitrogens with zero attached hydrogens (tertiary/aromatic N) is 2. The lowest BCUT2D eigenvalue weighted by Crippen LogP contribution is -2.35. The largest absolute Gasteiger partial charge is 0.466 e. The Bertz CT molecular complexity index is 1170. The third kappa shape index (κ3) is 4.36. The minimum absolute atomic E-state index is 0.0706. The molecule has 0 aliphatic rings. The monoisotopic (exact) mass is 425 g/mol. The van der Waals surface area contributed by atoms with E-state index in [4.69, 9.17) is 9.47 Å². The number of hydrogen-bond acceptors (Lipinski definition) is 6. The Hall–Kier alpha value is -3.85. The van der Waals surface area contributed by atoms with Crippen LogP contribution in [0.4, 0.5) is 16.2 Å². The number of benzene rings is 2. The summed E-state index contributed by atoms with van der Waals surface area (Å²) >= 11 is 0. The Morgan fingerprint density at radius 3 is 2.45 bits per heavy atom. The summed E-state index contributed by atoms with van der Waals surface area (Å²) in [5.74, 6) is -0.465. The van der Waals surface area contributed by atoms with Gasteiger partial charge in [-0.15, -0.1) is 0 Å². The fourth-order valence-corrected chi connectivity index (χ4v) is 3.16. The average molecular weight is 425 g/mol. The van der Waals surface area contributed by atoms with Gasteiger partial charge in [0.1, 0.15) is 11.3 Å². The van der Waals surface area contributed by atoms with E-state index in [0.29, 0.717) is 22.3 Å².